The molecule has 5 heteroatoms. The van der Waals surface area contributed by atoms with Crippen LogP contribution in [0.3, 0.4) is 0 Å². The highest BCUT2D eigenvalue weighted by molar-refractivity contribution is 6.31. The van der Waals surface area contributed by atoms with E-state index in [1.54, 1.807) is 19.1 Å². The van der Waals surface area contributed by atoms with Crippen LogP contribution in [-0.4, -0.2) is 18.4 Å². The van der Waals surface area contributed by atoms with E-state index in [0.717, 1.165) is 5.56 Å². The van der Waals surface area contributed by atoms with E-state index in [9.17, 15) is 4.79 Å². The number of hydrogen-bond donors (Lipinski definition) is 1. The summed E-state index contributed by atoms with van der Waals surface area (Å²) < 4.78 is 9.59. The molecule has 1 N–H and O–H groups in total. The predicted octanol–water partition coefficient (Wildman–Crippen LogP) is 2.85. The molecule has 1 rings (SSSR count). The first-order valence-electron chi connectivity index (χ1n) is 4.24. The highest BCUT2D eigenvalue weighted by Crippen LogP contribution is 2.29. The van der Waals surface area contributed by atoms with Crippen molar-refractivity contribution in [1.82, 2.24) is 0 Å². The molecule has 0 heterocycles. The Morgan fingerprint density at radius 3 is 2.73 bits per heavy atom. The molecule has 0 amide bonds. The van der Waals surface area contributed by atoms with Crippen molar-refractivity contribution in [1.29, 1.82) is 0 Å². The van der Waals surface area contributed by atoms with Gasteiger partial charge >= 0.3 is 6.16 Å². The fraction of sp³-hybridized carbons (Fsp3) is 0.300. The molecular weight excluding hydrogens is 220 g/mol. The van der Waals surface area contributed by atoms with E-state index in [-0.39, 0.29) is 6.61 Å². The summed E-state index contributed by atoms with van der Waals surface area (Å²) in [5.74, 6) is 0.559. The molecule has 0 bridgehead atoms. The Kier molecular flexibility index (Phi) is 3.80. The zero-order chi connectivity index (χ0) is 11.4. The molecule has 1 aromatic rings. The van der Waals surface area contributed by atoms with Gasteiger partial charge in [0.1, 0.15) is 12.4 Å². The summed E-state index contributed by atoms with van der Waals surface area (Å²) in [6.07, 6.45) is -1.32. The van der Waals surface area contributed by atoms with Crippen molar-refractivity contribution in [3.05, 3.63) is 28.3 Å². The van der Waals surface area contributed by atoms with Gasteiger partial charge in [-0.25, -0.2) is 4.79 Å². The van der Waals surface area contributed by atoms with E-state index in [1.807, 2.05) is 0 Å². The summed E-state index contributed by atoms with van der Waals surface area (Å²) in [7, 11) is 1.50. The van der Waals surface area contributed by atoms with Crippen LogP contribution in [0.4, 0.5) is 4.79 Å². The van der Waals surface area contributed by atoms with E-state index in [2.05, 4.69) is 4.74 Å². The van der Waals surface area contributed by atoms with Gasteiger partial charge in [-0.1, -0.05) is 17.7 Å². The lowest BCUT2D eigenvalue weighted by molar-refractivity contribution is 0.0847. The first-order chi connectivity index (χ1) is 7.06. The second kappa shape index (κ2) is 4.89. The third kappa shape index (κ3) is 2.76. The fourth-order valence-electron chi connectivity index (χ4n) is 1.26. The van der Waals surface area contributed by atoms with Crippen molar-refractivity contribution >= 4 is 17.8 Å². The Morgan fingerprint density at radius 2 is 2.20 bits per heavy atom. The van der Waals surface area contributed by atoms with Gasteiger partial charge in [-0.15, -0.1) is 0 Å². The number of hydrogen-bond acceptors (Lipinski definition) is 3. The van der Waals surface area contributed by atoms with Gasteiger partial charge in [0, 0.05) is 16.1 Å². The van der Waals surface area contributed by atoms with Crippen LogP contribution in [0.1, 0.15) is 11.1 Å². The second-order valence-corrected chi connectivity index (χ2v) is 3.33. The van der Waals surface area contributed by atoms with Crippen molar-refractivity contribution in [3.63, 3.8) is 0 Å². The molecule has 0 saturated carbocycles. The molecule has 1 aromatic carbocycles. The summed E-state index contributed by atoms with van der Waals surface area (Å²) in [6, 6.07) is 3.36. The largest absolute Gasteiger partial charge is 0.506 e. The van der Waals surface area contributed by atoms with E-state index < -0.39 is 6.16 Å². The molecule has 4 nitrogen and oxygen atoms in total. The van der Waals surface area contributed by atoms with Crippen LogP contribution in [0, 0.1) is 6.92 Å². The average Bonchev–Trinajstić information content (AvgIpc) is 2.19. The maximum atomic E-state index is 10.2. The maximum absolute atomic E-state index is 10.2. The molecule has 0 radical (unpaired) electrons. The van der Waals surface area contributed by atoms with E-state index >= 15 is 0 Å². The van der Waals surface area contributed by atoms with Crippen LogP contribution in [-0.2, 0) is 11.3 Å². The summed E-state index contributed by atoms with van der Waals surface area (Å²) in [6.45, 7) is 1.75. The average molecular weight is 231 g/mol. The first kappa shape index (κ1) is 11.7. The summed E-state index contributed by atoms with van der Waals surface area (Å²) in [5.41, 5.74) is 1.42. The van der Waals surface area contributed by atoms with E-state index in [1.165, 1.54) is 7.11 Å². The molecule has 0 spiro atoms. The van der Waals surface area contributed by atoms with Gasteiger partial charge in [-0.3, -0.25) is 0 Å². The van der Waals surface area contributed by atoms with Gasteiger partial charge in [-0.2, -0.15) is 0 Å². The van der Waals surface area contributed by atoms with Gasteiger partial charge in [0.15, 0.2) is 0 Å². The van der Waals surface area contributed by atoms with Gasteiger partial charge in [-0.05, 0) is 13.0 Å². The van der Waals surface area contributed by atoms with Crippen LogP contribution in [0.15, 0.2) is 12.1 Å². The monoisotopic (exact) mass is 230 g/mol. The van der Waals surface area contributed by atoms with Gasteiger partial charge < -0.3 is 14.6 Å². The summed E-state index contributed by atoms with van der Waals surface area (Å²) in [4.78, 5) is 10.2. The first-order valence-corrected chi connectivity index (χ1v) is 4.61. The molecule has 0 aromatic heterocycles. The number of ether oxygens (including phenoxy) is 2. The zero-order valence-electron chi connectivity index (χ0n) is 8.41. The molecule has 0 saturated heterocycles. The quantitative estimate of drug-likeness (QED) is 0.812. The van der Waals surface area contributed by atoms with Crippen LogP contribution in [0.2, 0.25) is 5.02 Å². The summed E-state index contributed by atoms with van der Waals surface area (Å²) >= 11 is 5.89. The topological polar surface area (TPSA) is 55.8 Å². The van der Waals surface area contributed by atoms with E-state index in [4.69, 9.17) is 21.4 Å². The highest BCUT2D eigenvalue weighted by Gasteiger charge is 2.10. The number of carbonyl (C=O) groups is 1. The third-order valence-electron chi connectivity index (χ3n) is 1.98. The normalized spacial score (nSPS) is 9.80. The van der Waals surface area contributed by atoms with Crippen molar-refractivity contribution < 1.29 is 19.4 Å². The SMILES string of the molecule is COc1c(COC(=O)O)ccc(Cl)c1C. The lowest BCUT2D eigenvalue weighted by atomic mass is 10.1. The molecule has 0 aliphatic carbocycles. The molecule has 82 valence electrons. The smallest absolute Gasteiger partial charge is 0.496 e. The van der Waals surface area contributed by atoms with Crippen LogP contribution >= 0.6 is 11.6 Å². The standard InChI is InChI=1S/C10H11ClO4/c1-6-8(11)4-3-7(9(6)14-2)5-15-10(12)13/h3-4H,5H2,1-2H3,(H,12,13). The number of rotatable bonds is 3. The zero-order valence-corrected chi connectivity index (χ0v) is 9.17. The Morgan fingerprint density at radius 1 is 1.53 bits per heavy atom. The van der Waals surface area contributed by atoms with Gasteiger partial charge in [0.2, 0.25) is 0 Å². The minimum Gasteiger partial charge on any atom is -0.496 e. The third-order valence-corrected chi connectivity index (χ3v) is 2.39. The molecule has 0 aliphatic rings. The van der Waals surface area contributed by atoms with Crippen molar-refractivity contribution in [2.75, 3.05) is 7.11 Å². The van der Waals surface area contributed by atoms with Gasteiger partial charge in [0.05, 0.1) is 7.11 Å². The van der Waals surface area contributed by atoms with Crippen LogP contribution < -0.4 is 4.74 Å². The Balaban J connectivity index is 2.97. The fourth-order valence-corrected chi connectivity index (χ4v) is 1.41. The Bertz CT molecular complexity index is 376. The number of halogens is 1. The molecule has 0 fully saturated rings. The lowest BCUT2D eigenvalue weighted by Crippen LogP contribution is -2.02. The minimum absolute atomic E-state index is 0.0451. The second-order valence-electron chi connectivity index (χ2n) is 2.92. The van der Waals surface area contributed by atoms with Gasteiger partial charge in [0.25, 0.3) is 0 Å². The molecule has 0 aliphatic heterocycles. The van der Waals surface area contributed by atoms with Crippen molar-refractivity contribution in [2.45, 2.75) is 13.5 Å². The van der Waals surface area contributed by atoms with Crippen LogP contribution in [0.5, 0.6) is 5.75 Å². The van der Waals surface area contributed by atoms with Crippen LogP contribution in [0.25, 0.3) is 0 Å². The molecule has 0 unspecified atom stereocenters. The number of methoxy groups -OCH3 is 1. The lowest BCUT2D eigenvalue weighted by Gasteiger charge is -2.11. The van der Waals surface area contributed by atoms with Crippen molar-refractivity contribution in [2.24, 2.45) is 0 Å². The van der Waals surface area contributed by atoms with Crippen molar-refractivity contribution in [3.8, 4) is 5.75 Å². The molecular formula is C10H11ClO4. The molecule has 15 heavy (non-hydrogen) atoms. The predicted molar refractivity (Wildman–Crippen MR) is 55.6 cm³/mol. The number of benzene rings is 1. The molecule has 0 atom stereocenters. The Hall–Kier alpha value is -1.42. The minimum atomic E-state index is -1.32. The summed E-state index contributed by atoms with van der Waals surface area (Å²) in [5, 5.41) is 8.95. The maximum Gasteiger partial charge on any atom is 0.506 e. The highest BCUT2D eigenvalue weighted by atomic mass is 35.5. The number of carboxylic acid groups (broad SMARTS) is 1. The van der Waals surface area contributed by atoms with E-state index in [0.29, 0.717) is 16.3 Å². The Labute approximate surface area is 92.4 Å².